The van der Waals surface area contributed by atoms with Crippen LogP contribution in [0.5, 0.6) is 0 Å². The van der Waals surface area contributed by atoms with Gasteiger partial charge in [-0.25, -0.2) is 21.6 Å². The number of sulfonamides is 2. The van der Waals surface area contributed by atoms with Gasteiger partial charge in [-0.2, -0.15) is 0 Å². The SMILES string of the molecule is [N-]=[N+]=NS(=O)(=O)c1cc(C(=O)O)cc(S(=O)(=O)N=[N+]=[N-])c1. The van der Waals surface area contributed by atoms with Gasteiger partial charge in [0.1, 0.15) is 0 Å². The van der Waals surface area contributed by atoms with E-state index in [2.05, 4.69) is 9.04 Å². The lowest BCUT2D eigenvalue weighted by atomic mass is 10.2. The van der Waals surface area contributed by atoms with Crippen molar-refractivity contribution in [1.29, 1.82) is 0 Å². The zero-order valence-corrected chi connectivity index (χ0v) is 11.4. The Kier molecular flexibility index (Phi) is 4.40. The summed E-state index contributed by atoms with van der Waals surface area (Å²) in [5, 5.41) is 8.83. The smallest absolute Gasteiger partial charge is 0.335 e. The van der Waals surface area contributed by atoms with E-state index in [4.69, 9.17) is 16.2 Å². The highest BCUT2D eigenvalue weighted by Gasteiger charge is 2.21. The van der Waals surface area contributed by atoms with Crippen molar-refractivity contribution in [2.45, 2.75) is 9.79 Å². The van der Waals surface area contributed by atoms with E-state index in [0.717, 1.165) is 0 Å². The Morgan fingerprint density at radius 3 is 1.62 bits per heavy atom. The molecule has 0 amide bonds. The summed E-state index contributed by atoms with van der Waals surface area (Å²) in [6.07, 6.45) is 0. The van der Waals surface area contributed by atoms with Crippen molar-refractivity contribution < 1.29 is 26.7 Å². The summed E-state index contributed by atoms with van der Waals surface area (Å²) in [6, 6.07) is 1.71. The lowest BCUT2D eigenvalue weighted by molar-refractivity contribution is 0.0696. The molecular formula is C7H4N6O6S2. The van der Waals surface area contributed by atoms with Crippen molar-refractivity contribution in [2.75, 3.05) is 0 Å². The molecule has 0 saturated heterocycles. The number of rotatable bonds is 5. The van der Waals surface area contributed by atoms with Crippen molar-refractivity contribution >= 4 is 26.0 Å². The summed E-state index contributed by atoms with van der Waals surface area (Å²) in [7, 11) is -9.24. The van der Waals surface area contributed by atoms with Crippen molar-refractivity contribution in [3.63, 3.8) is 0 Å². The van der Waals surface area contributed by atoms with Gasteiger partial charge in [0.2, 0.25) is 0 Å². The lowest BCUT2D eigenvalue weighted by Gasteiger charge is -2.04. The highest BCUT2D eigenvalue weighted by Crippen LogP contribution is 2.22. The number of carboxylic acid groups (broad SMARTS) is 1. The first-order valence-corrected chi connectivity index (χ1v) is 7.53. The summed E-state index contributed by atoms with van der Waals surface area (Å²) >= 11 is 0. The topological polar surface area (TPSA) is 203 Å². The van der Waals surface area contributed by atoms with Gasteiger partial charge in [-0.05, 0) is 29.3 Å². The highest BCUT2D eigenvalue weighted by atomic mass is 32.2. The molecule has 0 aromatic heterocycles. The number of aromatic carboxylic acids is 1. The molecule has 0 heterocycles. The third kappa shape index (κ3) is 3.61. The molecule has 0 radical (unpaired) electrons. The molecule has 0 aliphatic heterocycles. The Hall–Kier alpha value is -2.79. The van der Waals surface area contributed by atoms with Crippen LogP contribution in [0, 0.1) is 0 Å². The number of azide groups is 2. The van der Waals surface area contributed by atoms with Gasteiger partial charge in [0, 0.05) is 18.9 Å². The molecule has 0 atom stereocenters. The summed E-state index contributed by atoms with van der Waals surface area (Å²) in [4.78, 5) is 13.2. The third-order valence-corrected chi connectivity index (χ3v) is 4.25. The molecule has 14 heteroatoms. The first-order chi connectivity index (χ1) is 9.64. The largest absolute Gasteiger partial charge is 0.478 e. The highest BCUT2D eigenvalue weighted by molar-refractivity contribution is 7.90. The Morgan fingerprint density at radius 2 is 1.33 bits per heavy atom. The average Bonchev–Trinajstić information content (AvgIpc) is 2.38. The van der Waals surface area contributed by atoms with Gasteiger partial charge < -0.3 is 5.11 Å². The van der Waals surface area contributed by atoms with Crippen LogP contribution in [0.15, 0.2) is 37.0 Å². The summed E-state index contributed by atoms with van der Waals surface area (Å²) in [5.74, 6) is -1.63. The molecule has 0 unspecified atom stereocenters. The van der Waals surface area contributed by atoms with Crippen LogP contribution in [0.2, 0.25) is 0 Å². The molecule has 0 fully saturated rings. The molecule has 21 heavy (non-hydrogen) atoms. The molecule has 0 spiro atoms. The van der Waals surface area contributed by atoms with Gasteiger partial charge in [-0.1, -0.05) is 0 Å². The number of nitrogens with zero attached hydrogens (tertiary/aromatic N) is 6. The van der Waals surface area contributed by atoms with Crippen molar-refractivity contribution in [1.82, 2.24) is 0 Å². The van der Waals surface area contributed by atoms with E-state index < -0.39 is 41.4 Å². The fourth-order valence-electron chi connectivity index (χ4n) is 1.18. The number of carboxylic acids is 1. The molecule has 0 aliphatic rings. The molecule has 12 nitrogen and oxygen atoms in total. The molecule has 1 N–H and O–H groups in total. The van der Waals surface area contributed by atoms with Crippen molar-refractivity contribution in [3.05, 3.63) is 44.6 Å². The van der Waals surface area contributed by atoms with E-state index >= 15 is 0 Å². The number of hydrogen-bond donors (Lipinski definition) is 1. The lowest BCUT2D eigenvalue weighted by Crippen LogP contribution is -2.05. The van der Waals surface area contributed by atoms with Crippen LogP contribution in [0.25, 0.3) is 20.9 Å². The van der Waals surface area contributed by atoms with Crippen LogP contribution in [-0.2, 0) is 20.0 Å². The van der Waals surface area contributed by atoms with Gasteiger partial charge >= 0.3 is 5.97 Å². The molecule has 0 saturated carbocycles. The standard InChI is InChI=1S/C7H4N6O6S2/c8-10-12-20(16,17)5-1-4(7(14)15)2-6(3-5)21(18,19)13-11-9/h1-3H,(H,14,15). The summed E-state index contributed by atoms with van der Waals surface area (Å²) in [6.45, 7) is 0. The number of benzene rings is 1. The minimum atomic E-state index is -4.62. The predicted octanol–water partition coefficient (Wildman–Crippen LogP) is 1.38. The molecule has 0 aliphatic carbocycles. The first-order valence-electron chi connectivity index (χ1n) is 4.65. The zero-order valence-electron chi connectivity index (χ0n) is 9.72. The minimum Gasteiger partial charge on any atom is -0.478 e. The van der Waals surface area contributed by atoms with E-state index in [-0.39, 0.29) is 0 Å². The van der Waals surface area contributed by atoms with Gasteiger partial charge in [0.25, 0.3) is 20.0 Å². The van der Waals surface area contributed by atoms with Crippen LogP contribution in [0.1, 0.15) is 10.4 Å². The average molecular weight is 332 g/mol. The Bertz CT molecular complexity index is 841. The van der Waals surface area contributed by atoms with Crippen LogP contribution in [-0.4, -0.2) is 27.9 Å². The monoisotopic (exact) mass is 332 g/mol. The van der Waals surface area contributed by atoms with Crippen LogP contribution < -0.4 is 0 Å². The Labute approximate surface area is 117 Å². The molecular weight excluding hydrogens is 328 g/mol. The van der Waals surface area contributed by atoms with Crippen LogP contribution in [0.3, 0.4) is 0 Å². The fraction of sp³-hybridized carbons (Fsp3) is 0. The van der Waals surface area contributed by atoms with Crippen molar-refractivity contribution in [2.24, 2.45) is 9.04 Å². The van der Waals surface area contributed by atoms with Crippen LogP contribution >= 0.6 is 0 Å². The molecule has 1 rings (SSSR count). The molecule has 0 bridgehead atoms. The summed E-state index contributed by atoms with van der Waals surface area (Å²) < 4.78 is 51.0. The van der Waals surface area contributed by atoms with Crippen LogP contribution in [0.4, 0.5) is 0 Å². The predicted molar refractivity (Wildman–Crippen MR) is 66.1 cm³/mol. The van der Waals surface area contributed by atoms with Gasteiger partial charge in [0.05, 0.1) is 15.4 Å². The normalized spacial score (nSPS) is 11.0. The van der Waals surface area contributed by atoms with E-state index in [1.54, 1.807) is 0 Å². The summed E-state index contributed by atoms with van der Waals surface area (Å²) in [5.41, 5.74) is 15.6. The first kappa shape index (κ1) is 16.3. The van der Waals surface area contributed by atoms with Gasteiger partial charge in [-0.3, -0.25) is 0 Å². The zero-order chi connectivity index (χ0) is 16.3. The Balaban J connectivity index is 3.80. The second kappa shape index (κ2) is 5.68. The van der Waals surface area contributed by atoms with E-state index in [9.17, 15) is 21.6 Å². The van der Waals surface area contributed by atoms with E-state index in [1.807, 2.05) is 9.82 Å². The van der Waals surface area contributed by atoms with Crippen molar-refractivity contribution in [3.8, 4) is 0 Å². The fourth-order valence-corrected chi connectivity index (χ4v) is 2.74. The maximum absolute atomic E-state index is 11.5. The maximum Gasteiger partial charge on any atom is 0.335 e. The second-order valence-corrected chi connectivity index (χ2v) is 6.46. The number of carbonyl (C=O) groups is 1. The third-order valence-electron chi connectivity index (χ3n) is 2.01. The molecule has 110 valence electrons. The van der Waals surface area contributed by atoms with E-state index in [0.29, 0.717) is 18.2 Å². The number of hydrogen-bond acceptors (Lipinski definition) is 5. The molecule has 1 aromatic rings. The quantitative estimate of drug-likeness (QED) is 0.478. The van der Waals surface area contributed by atoms with Gasteiger partial charge in [-0.15, -0.1) is 0 Å². The Morgan fingerprint density at radius 1 is 0.952 bits per heavy atom. The second-order valence-electron chi connectivity index (χ2n) is 3.29. The van der Waals surface area contributed by atoms with Gasteiger partial charge in [0.15, 0.2) is 0 Å². The minimum absolute atomic E-state index is 0.514. The molecule has 1 aromatic carbocycles. The maximum atomic E-state index is 11.5. The van der Waals surface area contributed by atoms with E-state index in [1.165, 1.54) is 0 Å².